The predicted octanol–water partition coefficient (Wildman–Crippen LogP) is 2.82. The monoisotopic (exact) mass is 538 g/mol. The van der Waals surface area contributed by atoms with Crippen LogP contribution in [0, 0.1) is 28.6 Å². The Morgan fingerprint density at radius 3 is 2.51 bits per heavy atom. The first kappa shape index (κ1) is 26.5. The molecule has 0 radical (unpaired) electrons. The quantitative estimate of drug-likeness (QED) is 0.225. The minimum absolute atomic E-state index is 0.0627. The molecular formula is C30H38N2O7. The summed E-state index contributed by atoms with van der Waals surface area (Å²) >= 11 is 0. The number of ether oxygens (including phenoxy) is 1. The van der Waals surface area contributed by atoms with Gasteiger partial charge in [-0.3, -0.25) is 4.79 Å². The van der Waals surface area contributed by atoms with E-state index in [1.807, 2.05) is 0 Å². The van der Waals surface area contributed by atoms with Gasteiger partial charge in [-0.2, -0.15) is 5.10 Å². The van der Waals surface area contributed by atoms with E-state index in [9.17, 15) is 30.0 Å². The molecule has 0 bridgehead atoms. The van der Waals surface area contributed by atoms with E-state index in [1.54, 1.807) is 12.3 Å². The van der Waals surface area contributed by atoms with Crippen molar-refractivity contribution in [3.8, 4) is 5.75 Å². The molecule has 1 aromatic carbocycles. The Hall–Kier alpha value is -2.75. The van der Waals surface area contributed by atoms with Crippen LogP contribution in [0.2, 0.25) is 0 Å². The number of aromatic hydroxyl groups is 1. The molecule has 0 spiro atoms. The highest BCUT2D eigenvalue weighted by Crippen LogP contribution is 2.70. The fourth-order valence-electron chi connectivity index (χ4n) is 9.24. The van der Waals surface area contributed by atoms with E-state index in [1.165, 1.54) is 24.3 Å². The number of aliphatic hydroxyl groups is 3. The second-order valence-corrected chi connectivity index (χ2v) is 12.8. The van der Waals surface area contributed by atoms with Crippen LogP contribution in [0.4, 0.5) is 0 Å². The van der Waals surface area contributed by atoms with Gasteiger partial charge in [-0.25, -0.2) is 10.2 Å². The van der Waals surface area contributed by atoms with Crippen molar-refractivity contribution in [2.75, 3.05) is 6.61 Å². The maximum Gasteiger partial charge on any atom is 0.331 e. The Kier molecular flexibility index (Phi) is 6.21. The number of rotatable bonds is 4. The number of phenols is 1. The first-order chi connectivity index (χ1) is 18.5. The van der Waals surface area contributed by atoms with Gasteiger partial charge in [0.05, 0.1) is 17.3 Å². The third kappa shape index (κ3) is 3.88. The van der Waals surface area contributed by atoms with Gasteiger partial charge in [-0.15, -0.1) is 0 Å². The number of carbonyl (C=O) groups excluding carboxylic acids is 2. The van der Waals surface area contributed by atoms with Crippen LogP contribution in [0.15, 0.2) is 41.0 Å². The Labute approximate surface area is 228 Å². The lowest BCUT2D eigenvalue weighted by molar-refractivity contribution is -0.237. The zero-order valence-corrected chi connectivity index (χ0v) is 22.3. The van der Waals surface area contributed by atoms with E-state index in [0.717, 1.165) is 24.8 Å². The molecule has 1 aliphatic heterocycles. The van der Waals surface area contributed by atoms with E-state index >= 15 is 0 Å². The van der Waals surface area contributed by atoms with E-state index < -0.39 is 34.0 Å². The molecule has 4 fully saturated rings. The van der Waals surface area contributed by atoms with E-state index in [-0.39, 0.29) is 42.5 Å². The first-order valence-electron chi connectivity index (χ1n) is 14.1. The molecule has 0 saturated heterocycles. The Bertz CT molecular complexity index is 1230. The number of nitrogens with zero attached hydrogens (tertiary/aromatic N) is 1. The highest BCUT2D eigenvalue weighted by atomic mass is 16.5. The number of carbonyl (C=O) groups is 2. The molecule has 0 aromatic heterocycles. The van der Waals surface area contributed by atoms with Crippen molar-refractivity contribution in [2.45, 2.75) is 82.0 Å². The number of nitrogens with one attached hydrogen (secondary N) is 1. The van der Waals surface area contributed by atoms with Crippen molar-refractivity contribution in [1.29, 1.82) is 0 Å². The lowest BCUT2D eigenvalue weighted by Gasteiger charge is -2.65. The lowest BCUT2D eigenvalue weighted by Crippen LogP contribution is -2.68. The fraction of sp³-hybridized carbons (Fsp3) is 0.633. The van der Waals surface area contributed by atoms with Crippen molar-refractivity contribution >= 4 is 18.1 Å². The van der Waals surface area contributed by atoms with Crippen LogP contribution in [0.3, 0.4) is 0 Å². The zero-order chi connectivity index (χ0) is 27.6. The number of hydrogen-bond donors (Lipinski definition) is 5. The predicted molar refractivity (Wildman–Crippen MR) is 142 cm³/mol. The second kappa shape index (κ2) is 9.14. The molecule has 210 valence electrons. The van der Waals surface area contributed by atoms with Gasteiger partial charge >= 0.3 is 5.97 Å². The van der Waals surface area contributed by atoms with Gasteiger partial charge in [-0.05, 0) is 99.0 Å². The number of hydrazone groups is 1. The van der Waals surface area contributed by atoms with Gasteiger partial charge in [0, 0.05) is 35.1 Å². The van der Waals surface area contributed by atoms with Crippen LogP contribution < -0.4 is 5.43 Å². The standard InChI is InChI=1S/C30H38N2O7/c1-27-10-7-23-24(30(27,38)13-9-22(27)19-14-25(35)39-16-19)8-12-29(37)15-21(34)6-11-28(23,29)17-31-32-26(36)18-2-4-20(33)5-3-18/h2-5,14,17,21-24,33-34,37-38H,6-13,15-16H2,1H3,(H,32,36)/b31-17-/t21-,22-,23+,24-,27-,28+,29+,30+/m1/s1. The van der Waals surface area contributed by atoms with Gasteiger partial charge in [0.2, 0.25) is 0 Å². The average molecular weight is 539 g/mol. The summed E-state index contributed by atoms with van der Waals surface area (Å²) in [4.78, 5) is 24.5. The van der Waals surface area contributed by atoms with Crippen LogP contribution in [0.5, 0.6) is 5.75 Å². The van der Waals surface area contributed by atoms with Crippen LogP contribution in [0.25, 0.3) is 0 Å². The van der Waals surface area contributed by atoms with Crippen LogP contribution in [0.1, 0.15) is 75.1 Å². The third-order valence-corrected chi connectivity index (χ3v) is 11.2. The number of benzene rings is 1. The second-order valence-electron chi connectivity index (χ2n) is 12.8. The van der Waals surface area contributed by atoms with E-state index in [4.69, 9.17) is 4.74 Å². The van der Waals surface area contributed by atoms with Crippen LogP contribution in [-0.4, -0.2) is 62.4 Å². The molecule has 1 heterocycles. The minimum Gasteiger partial charge on any atom is -0.508 e. The van der Waals surface area contributed by atoms with Crippen molar-refractivity contribution in [1.82, 2.24) is 5.43 Å². The average Bonchev–Trinajstić information content (AvgIpc) is 3.44. The Morgan fingerprint density at radius 2 is 1.79 bits per heavy atom. The smallest absolute Gasteiger partial charge is 0.331 e. The summed E-state index contributed by atoms with van der Waals surface area (Å²) in [5.74, 6) is -0.777. The maximum absolute atomic E-state index is 12.7. The summed E-state index contributed by atoms with van der Waals surface area (Å²) in [6.07, 6.45) is 7.89. The normalized spacial score (nSPS) is 43.3. The highest BCUT2D eigenvalue weighted by Gasteiger charge is 2.71. The van der Waals surface area contributed by atoms with Crippen LogP contribution >= 0.6 is 0 Å². The number of amides is 1. The lowest BCUT2D eigenvalue weighted by atomic mass is 9.41. The summed E-state index contributed by atoms with van der Waals surface area (Å²) in [5.41, 5.74) is 0.516. The fourth-order valence-corrected chi connectivity index (χ4v) is 9.24. The molecule has 0 unspecified atom stereocenters. The SMILES string of the molecule is C[C@]12CC[C@H]3[C@@H](CC[C@]4(O)C[C@H](O)CC[C@]34/C=N\NC(=O)c3ccc(O)cc3)[C@@]1(O)CC[C@@H]2C1=CC(=O)OC1. The van der Waals surface area contributed by atoms with E-state index in [2.05, 4.69) is 17.5 Å². The summed E-state index contributed by atoms with van der Waals surface area (Å²) in [6.45, 7) is 2.44. The Balaban J connectivity index is 1.32. The molecule has 5 N–H and O–H groups in total. The molecule has 1 aromatic rings. The third-order valence-electron chi connectivity index (χ3n) is 11.2. The summed E-state index contributed by atoms with van der Waals surface area (Å²) in [7, 11) is 0. The van der Waals surface area contributed by atoms with Gasteiger partial charge in [0.25, 0.3) is 5.91 Å². The largest absolute Gasteiger partial charge is 0.508 e. The van der Waals surface area contributed by atoms with Crippen molar-refractivity contribution in [3.05, 3.63) is 41.5 Å². The van der Waals surface area contributed by atoms with Gasteiger partial charge < -0.3 is 25.2 Å². The molecule has 8 atom stereocenters. The number of fused-ring (bicyclic) bond motifs is 5. The minimum atomic E-state index is -1.20. The summed E-state index contributed by atoms with van der Waals surface area (Å²) < 4.78 is 5.22. The number of phenolic OH excluding ortho intramolecular Hbond substituents is 1. The molecule has 1 amide bonds. The summed E-state index contributed by atoms with van der Waals surface area (Å²) in [5, 5.41) is 49.0. The van der Waals surface area contributed by atoms with Crippen molar-refractivity contribution in [3.63, 3.8) is 0 Å². The maximum atomic E-state index is 12.7. The van der Waals surface area contributed by atoms with Gasteiger partial charge in [0.1, 0.15) is 12.4 Å². The summed E-state index contributed by atoms with van der Waals surface area (Å²) in [6, 6.07) is 5.88. The first-order valence-corrected chi connectivity index (χ1v) is 14.1. The topological polar surface area (TPSA) is 149 Å². The molecule has 4 aliphatic carbocycles. The molecule has 4 saturated carbocycles. The molecule has 39 heavy (non-hydrogen) atoms. The van der Waals surface area contributed by atoms with Gasteiger partial charge in [-0.1, -0.05) is 6.92 Å². The molecule has 9 heteroatoms. The number of cyclic esters (lactones) is 1. The Morgan fingerprint density at radius 1 is 1.05 bits per heavy atom. The van der Waals surface area contributed by atoms with Gasteiger partial charge in [0.15, 0.2) is 0 Å². The van der Waals surface area contributed by atoms with E-state index in [0.29, 0.717) is 37.7 Å². The zero-order valence-electron chi connectivity index (χ0n) is 22.3. The highest BCUT2D eigenvalue weighted by molar-refractivity contribution is 5.94. The molecule has 9 nitrogen and oxygen atoms in total. The molecule has 5 aliphatic rings. The van der Waals surface area contributed by atoms with Crippen LogP contribution in [-0.2, 0) is 9.53 Å². The molecule has 6 rings (SSSR count). The number of aliphatic hydroxyl groups excluding tert-OH is 1. The van der Waals surface area contributed by atoms with Crippen molar-refractivity contribution < 1.29 is 34.8 Å². The number of hydrogen-bond acceptors (Lipinski definition) is 8. The molecular weight excluding hydrogens is 500 g/mol. The number of esters is 1. The van der Waals surface area contributed by atoms with Crippen molar-refractivity contribution in [2.24, 2.45) is 33.7 Å².